The summed E-state index contributed by atoms with van der Waals surface area (Å²) < 4.78 is 59.1. The second kappa shape index (κ2) is 9.50. The molecule has 1 unspecified atom stereocenters. The molecule has 32 heavy (non-hydrogen) atoms. The number of nitrogens with one attached hydrogen (secondary N) is 2. The van der Waals surface area contributed by atoms with Crippen molar-refractivity contribution in [1.82, 2.24) is 15.5 Å². The van der Waals surface area contributed by atoms with Crippen LogP contribution in [0.5, 0.6) is 5.75 Å². The molecule has 2 aromatic carbocycles. The number of benzene rings is 2. The van der Waals surface area contributed by atoms with Crippen LogP contribution in [0, 0.1) is 5.82 Å². The molecule has 3 rings (SSSR count). The second-order valence-electron chi connectivity index (χ2n) is 6.63. The second-order valence-corrected chi connectivity index (χ2v) is 6.63. The molecule has 3 aromatic rings. The summed E-state index contributed by atoms with van der Waals surface area (Å²) in [6, 6.07) is 11.6. The van der Waals surface area contributed by atoms with Gasteiger partial charge in [0.25, 0.3) is 5.91 Å². The van der Waals surface area contributed by atoms with Crippen LogP contribution in [0.3, 0.4) is 0 Å². The molecule has 11 heteroatoms. The molecular weight excluding hydrogens is 434 g/mol. The van der Waals surface area contributed by atoms with Gasteiger partial charge in [-0.15, -0.1) is 13.2 Å². The van der Waals surface area contributed by atoms with Gasteiger partial charge in [-0.05, 0) is 42.8 Å². The first-order valence-corrected chi connectivity index (χ1v) is 9.25. The number of carbonyl (C=O) groups is 2. The number of ether oxygens (including phenoxy) is 2. The van der Waals surface area contributed by atoms with Crippen molar-refractivity contribution < 1.29 is 36.6 Å². The third kappa shape index (κ3) is 6.06. The fraction of sp³-hybridized carbons (Fsp3) is 0.190. The number of esters is 1. The van der Waals surface area contributed by atoms with E-state index in [1.807, 2.05) is 0 Å². The molecule has 0 fully saturated rings. The highest BCUT2D eigenvalue weighted by atomic mass is 19.4. The molecule has 0 spiro atoms. The van der Waals surface area contributed by atoms with Gasteiger partial charge in [0, 0.05) is 5.56 Å². The normalized spacial score (nSPS) is 12.2. The number of aromatic amines is 1. The largest absolute Gasteiger partial charge is 0.573 e. The van der Waals surface area contributed by atoms with Gasteiger partial charge in [0.2, 0.25) is 0 Å². The lowest BCUT2D eigenvalue weighted by atomic mass is 10.1. The number of alkyl halides is 3. The maximum absolute atomic E-state index is 13.8. The molecule has 1 atom stereocenters. The summed E-state index contributed by atoms with van der Waals surface area (Å²) in [5.74, 6) is -2.39. The number of rotatable bonds is 7. The number of halogens is 4. The zero-order chi connectivity index (χ0) is 23.3. The van der Waals surface area contributed by atoms with E-state index in [1.165, 1.54) is 36.4 Å². The van der Waals surface area contributed by atoms with Gasteiger partial charge in [0.1, 0.15) is 17.3 Å². The van der Waals surface area contributed by atoms with Crippen LogP contribution in [0.4, 0.5) is 17.6 Å². The molecule has 1 amide bonds. The summed E-state index contributed by atoms with van der Waals surface area (Å²) >= 11 is 0. The third-order valence-electron chi connectivity index (χ3n) is 4.27. The van der Waals surface area contributed by atoms with Gasteiger partial charge in [-0.1, -0.05) is 24.3 Å². The highest BCUT2D eigenvalue weighted by Gasteiger charge is 2.31. The van der Waals surface area contributed by atoms with E-state index in [-0.39, 0.29) is 22.7 Å². The number of hydrogen-bond acceptors (Lipinski definition) is 5. The molecule has 0 radical (unpaired) electrons. The summed E-state index contributed by atoms with van der Waals surface area (Å²) in [5, 5.41) is 8.85. The van der Waals surface area contributed by atoms with E-state index in [4.69, 9.17) is 4.74 Å². The van der Waals surface area contributed by atoms with Crippen LogP contribution in [-0.2, 0) is 9.53 Å². The van der Waals surface area contributed by atoms with E-state index in [1.54, 1.807) is 13.0 Å². The molecule has 0 bridgehead atoms. The maximum atomic E-state index is 13.8. The monoisotopic (exact) mass is 451 g/mol. The molecule has 1 heterocycles. The highest BCUT2D eigenvalue weighted by Crippen LogP contribution is 2.24. The summed E-state index contributed by atoms with van der Waals surface area (Å²) in [6.45, 7) is 1.00. The van der Waals surface area contributed by atoms with Crippen LogP contribution in [0.2, 0.25) is 0 Å². The number of aromatic nitrogens is 2. The van der Waals surface area contributed by atoms with Crippen LogP contribution >= 0.6 is 0 Å². The molecule has 0 aliphatic carbocycles. The minimum absolute atomic E-state index is 0.0654. The quantitative estimate of drug-likeness (QED) is 0.416. The number of nitrogens with zero attached hydrogens (tertiary/aromatic N) is 1. The Morgan fingerprint density at radius 2 is 1.81 bits per heavy atom. The fourth-order valence-corrected chi connectivity index (χ4v) is 2.77. The zero-order valence-corrected chi connectivity index (χ0v) is 16.6. The van der Waals surface area contributed by atoms with Crippen molar-refractivity contribution in [3.05, 3.63) is 71.7 Å². The van der Waals surface area contributed by atoms with Gasteiger partial charge < -0.3 is 14.8 Å². The van der Waals surface area contributed by atoms with E-state index in [0.717, 1.165) is 12.1 Å². The lowest BCUT2D eigenvalue weighted by Crippen LogP contribution is -2.31. The van der Waals surface area contributed by atoms with Crippen LogP contribution < -0.4 is 10.1 Å². The predicted molar refractivity (Wildman–Crippen MR) is 104 cm³/mol. The molecule has 0 saturated carbocycles. The number of carbonyl (C=O) groups excluding carboxylic acids is 2. The highest BCUT2D eigenvalue weighted by molar-refractivity contribution is 5.90. The number of hydrogen-bond donors (Lipinski definition) is 2. The Bertz CT molecular complexity index is 1100. The van der Waals surface area contributed by atoms with Crippen LogP contribution in [0.25, 0.3) is 11.3 Å². The van der Waals surface area contributed by atoms with Crippen molar-refractivity contribution in [3.8, 4) is 17.0 Å². The Balaban J connectivity index is 1.51. The molecule has 7 nitrogen and oxygen atoms in total. The standard InChI is InChI=1S/C21H17F4N3O4/c1-12(13-6-8-14(9-7-13)32-21(23,24)25)26-19(29)11-31-20(30)18-10-17(27-28-18)15-4-2-3-5-16(15)22/h2-10,12H,11H2,1H3,(H,26,29)(H,27,28). The van der Waals surface area contributed by atoms with E-state index in [0.29, 0.717) is 5.56 Å². The van der Waals surface area contributed by atoms with E-state index >= 15 is 0 Å². The van der Waals surface area contributed by atoms with Crippen molar-refractivity contribution in [2.45, 2.75) is 19.3 Å². The van der Waals surface area contributed by atoms with E-state index in [2.05, 4.69) is 20.3 Å². The Morgan fingerprint density at radius 3 is 2.47 bits per heavy atom. The van der Waals surface area contributed by atoms with Gasteiger partial charge in [0.15, 0.2) is 6.61 Å². The first-order chi connectivity index (χ1) is 15.1. The summed E-state index contributed by atoms with van der Waals surface area (Å²) in [4.78, 5) is 24.2. The minimum atomic E-state index is -4.80. The molecule has 2 N–H and O–H groups in total. The summed E-state index contributed by atoms with van der Waals surface area (Å²) in [7, 11) is 0. The maximum Gasteiger partial charge on any atom is 0.573 e. The van der Waals surface area contributed by atoms with Crippen molar-refractivity contribution in [1.29, 1.82) is 0 Å². The number of H-pyrrole nitrogens is 1. The molecular formula is C21H17F4N3O4. The average molecular weight is 451 g/mol. The molecule has 0 aliphatic heterocycles. The number of amides is 1. The minimum Gasteiger partial charge on any atom is -0.451 e. The van der Waals surface area contributed by atoms with Crippen molar-refractivity contribution in [3.63, 3.8) is 0 Å². The smallest absolute Gasteiger partial charge is 0.451 e. The molecule has 0 saturated heterocycles. The topological polar surface area (TPSA) is 93.3 Å². The average Bonchev–Trinajstić information content (AvgIpc) is 3.22. The van der Waals surface area contributed by atoms with Gasteiger partial charge in [-0.3, -0.25) is 9.89 Å². The van der Waals surface area contributed by atoms with Gasteiger partial charge in [-0.2, -0.15) is 5.10 Å². The Morgan fingerprint density at radius 1 is 1.12 bits per heavy atom. The van der Waals surface area contributed by atoms with E-state index < -0.39 is 36.7 Å². The molecule has 0 aliphatic rings. The summed E-state index contributed by atoms with van der Waals surface area (Å²) in [5.41, 5.74) is 0.846. The van der Waals surface area contributed by atoms with Crippen LogP contribution in [0.15, 0.2) is 54.6 Å². The first kappa shape index (κ1) is 22.8. The predicted octanol–water partition coefficient (Wildman–Crippen LogP) is 4.15. The Hall–Kier alpha value is -3.89. The first-order valence-electron chi connectivity index (χ1n) is 9.25. The van der Waals surface area contributed by atoms with Crippen molar-refractivity contribution in [2.75, 3.05) is 6.61 Å². The lowest BCUT2D eigenvalue weighted by molar-refractivity contribution is -0.274. The Labute approximate surface area is 179 Å². The molecule has 1 aromatic heterocycles. The van der Waals surface area contributed by atoms with Gasteiger partial charge >= 0.3 is 12.3 Å². The third-order valence-corrected chi connectivity index (χ3v) is 4.27. The SMILES string of the molecule is CC(NC(=O)COC(=O)c1cc(-c2ccccc2F)n[nH]1)c1ccc(OC(F)(F)F)cc1. The van der Waals surface area contributed by atoms with Gasteiger partial charge in [0.05, 0.1) is 11.7 Å². The zero-order valence-electron chi connectivity index (χ0n) is 16.6. The lowest BCUT2D eigenvalue weighted by Gasteiger charge is -2.15. The fourth-order valence-electron chi connectivity index (χ4n) is 2.77. The van der Waals surface area contributed by atoms with E-state index in [9.17, 15) is 27.2 Å². The van der Waals surface area contributed by atoms with Gasteiger partial charge in [-0.25, -0.2) is 9.18 Å². The molecule has 168 valence electrons. The van der Waals surface area contributed by atoms with Crippen LogP contribution in [-0.4, -0.2) is 35.0 Å². The van der Waals surface area contributed by atoms with Crippen LogP contribution in [0.1, 0.15) is 29.0 Å². The Kier molecular flexibility index (Phi) is 6.76. The van der Waals surface area contributed by atoms with Crippen molar-refractivity contribution in [2.24, 2.45) is 0 Å². The van der Waals surface area contributed by atoms with Crippen molar-refractivity contribution >= 4 is 11.9 Å². The summed E-state index contributed by atoms with van der Waals surface area (Å²) in [6.07, 6.45) is -4.80.